The molecule has 1 unspecified atom stereocenters. The Morgan fingerprint density at radius 2 is 2.27 bits per heavy atom. The van der Waals surface area contributed by atoms with Gasteiger partial charge in [-0.3, -0.25) is 13.9 Å². The zero-order valence-electron chi connectivity index (χ0n) is 16.8. The molecule has 30 heavy (non-hydrogen) atoms. The summed E-state index contributed by atoms with van der Waals surface area (Å²) in [5.41, 5.74) is 6.81. The van der Waals surface area contributed by atoms with Crippen molar-refractivity contribution in [3.63, 3.8) is 0 Å². The van der Waals surface area contributed by atoms with Crippen LogP contribution in [0.4, 0.5) is 11.8 Å². The number of nitrogen functional groups attached to an aromatic ring is 1. The Hall–Kier alpha value is -1.98. The van der Waals surface area contributed by atoms with Crippen LogP contribution < -0.4 is 16.1 Å². The third kappa shape index (κ3) is 5.38. The average Bonchev–Trinajstić information content (AvgIpc) is 3.26. The normalized spacial score (nSPS) is 22.5. The Bertz CT molecular complexity index is 927. The van der Waals surface area contributed by atoms with Crippen LogP contribution in [0.25, 0.3) is 11.2 Å². The van der Waals surface area contributed by atoms with Gasteiger partial charge in [0.1, 0.15) is 6.54 Å². The molecular weight excluding hydrogens is 437 g/mol. The van der Waals surface area contributed by atoms with E-state index in [0.29, 0.717) is 23.4 Å². The summed E-state index contributed by atoms with van der Waals surface area (Å²) in [7, 11) is -0.921. The number of anilines is 2. The maximum atomic E-state index is 12.0. The van der Waals surface area contributed by atoms with E-state index in [2.05, 4.69) is 25.4 Å². The number of hydrogen-bond donors (Lipinski definition) is 3. The SMILES string of the molecule is CNc1nc(N)nc2c1ncn2[C@@H]1O[C@H](CO[PH](=O)NCC(=O)OC(C)C)C[C@@H]1Cl. The minimum Gasteiger partial charge on any atom is -0.462 e. The Balaban J connectivity index is 1.57. The van der Waals surface area contributed by atoms with E-state index in [0.717, 1.165) is 0 Å². The van der Waals surface area contributed by atoms with Gasteiger partial charge < -0.3 is 25.0 Å². The molecule has 3 heterocycles. The number of carbonyl (C=O) groups is 1. The molecule has 166 valence electrons. The summed E-state index contributed by atoms with van der Waals surface area (Å²) in [5, 5.41) is 5.05. The topological polar surface area (TPSA) is 156 Å². The number of hydrogen-bond acceptors (Lipinski definition) is 10. The number of rotatable bonds is 9. The van der Waals surface area contributed by atoms with Gasteiger partial charge in [-0.2, -0.15) is 9.97 Å². The highest BCUT2D eigenvalue weighted by atomic mass is 35.5. The van der Waals surface area contributed by atoms with Crippen molar-refractivity contribution < 1.29 is 23.4 Å². The zero-order valence-corrected chi connectivity index (χ0v) is 18.5. The summed E-state index contributed by atoms with van der Waals surface area (Å²) < 4.78 is 29.9. The van der Waals surface area contributed by atoms with Crippen LogP contribution in [0.15, 0.2) is 6.33 Å². The summed E-state index contributed by atoms with van der Waals surface area (Å²) in [6, 6.07) is 0. The molecular formula is C16H25ClN7O5P. The van der Waals surface area contributed by atoms with Gasteiger partial charge in [-0.15, -0.1) is 11.6 Å². The van der Waals surface area contributed by atoms with Gasteiger partial charge in [0.15, 0.2) is 23.2 Å². The van der Waals surface area contributed by atoms with E-state index in [1.165, 1.54) is 0 Å². The average molecular weight is 462 g/mol. The summed E-state index contributed by atoms with van der Waals surface area (Å²) in [5.74, 6) is 0.0957. The summed E-state index contributed by atoms with van der Waals surface area (Å²) >= 11 is 6.48. The number of halogens is 1. The molecule has 1 fully saturated rings. The third-order valence-electron chi connectivity index (χ3n) is 4.22. The highest BCUT2D eigenvalue weighted by Gasteiger charge is 2.36. The Morgan fingerprint density at radius 3 is 2.97 bits per heavy atom. The molecule has 12 nitrogen and oxygen atoms in total. The fourth-order valence-electron chi connectivity index (χ4n) is 3.02. The fourth-order valence-corrected chi connectivity index (χ4v) is 4.12. The molecule has 0 amide bonds. The van der Waals surface area contributed by atoms with E-state index < -0.39 is 26.5 Å². The van der Waals surface area contributed by atoms with Crippen LogP contribution in [-0.2, 0) is 23.4 Å². The molecule has 0 aliphatic carbocycles. The largest absolute Gasteiger partial charge is 0.462 e. The molecule has 0 aromatic carbocycles. The highest BCUT2D eigenvalue weighted by molar-refractivity contribution is 7.36. The smallest absolute Gasteiger partial charge is 0.320 e. The van der Waals surface area contributed by atoms with Crippen LogP contribution in [0.2, 0.25) is 0 Å². The van der Waals surface area contributed by atoms with Crippen molar-refractivity contribution in [2.45, 2.75) is 44.1 Å². The molecule has 4 atom stereocenters. The van der Waals surface area contributed by atoms with Crippen LogP contribution in [0.1, 0.15) is 26.5 Å². The number of fused-ring (bicyclic) bond motifs is 1. The van der Waals surface area contributed by atoms with Gasteiger partial charge in [-0.05, 0) is 20.3 Å². The number of imidazole rings is 1. The lowest BCUT2D eigenvalue weighted by Gasteiger charge is -2.17. The number of carbonyl (C=O) groups excluding carboxylic acids is 1. The molecule has 0 bridgehead atoms. The third-order valence-corrected chi connectivity index (χ3v) is 5.51. The van der Waals surface area contributed by atoms with Crippen molar-refractivity contribution in [2.75, 3.05) is 31.2 Å². The molecule has 0 saturated carbocycles. The van der Waals surface area contributed by atoms with Crippen molar-refractivity contribution in [2.24, 2.45) is 0 Å². The number of nitrogens with zero attached hydrogens (tertiary/aromatic N) is 4. The predicted molar refractivity (Wildman–Crippen MR) is 112 cm³/mol. The zero-order chi connectivity index (χ0) is 21.8. The standard InChI is InChI=1S/C16H25ClN7O5P/c1-8(2)28-11(25)5-21-30(26)27-6-9-4-10(17)15(29-9)24-7-20-12-13(19-3)22-16(18)23-14(12)24/h7-10,15,30H,4-6H2,1-3H3,(H,21,26)(H3,18,19,22,23)/t9-,10-,15+/m0/s1. The van der Waals surface area contributed by atoms with E-state index in [9.17, 15) is 9.36 Å². The first-order valence-electron chi connectivity index (χ1n) is 9.36. The van der Waals surface area contributed by atoms with Crippen molar-refractivity contribution in [1.82, 2.24) is 24.6 Å². The van der Waals surface area contributed by atoms with Crippen LogP contribution in [-0.4, -0.2) is 63.3 Å². The Labute approximate surface area is 178 Å². The van der Waals surface area contributed by atoms with E-state index in [1.54, 1.807) is 31.8 Å². The first kappa shape index (κ1) is 22.7. The number of alkyl halides is 1. The molecule has 1 saturated heterocycles. The monoisotopic (exact) mass is 461 g/mol. The first-order chi connectivity index (χ1) is 14.3. The summed E-state index contributed by atoms with van der Waals surface area (Å²) in [6.45, 7) is 3.32. The highest BCUT2D eigenvalue weighted by Crippen LogP contribution is 2.36. The van der Waals surface area contributed by atoms with Gasteiger partial charge in [0, 0.05) is 7.05 Å². The van der Waals surface area contributed by atoms with Crippen molar-refractivity contribution in [3.8, 4) is 0 Å². The molecule has 14 heteroatoms. The molecule has 2 aromatic rings. The Morgan fingerprint density at radius 1 is 1.50 bits per heavy atom. The van der Waals surface area contributed by atoms with Gasteiger partial charge in [-0.25, -0.2) is 10.1 Å². The van der Waals surface area contributed by atoms with E-state index in [-0.39, 0.29) is 30.6 Å². The molecule has 2 aromatic heterocycles. The lowest BCUT2D eigenvalue weighted by atomic mass is 10.2. The van der Waals surface area contributed by atoms with Gasteiger partial charge >= 0.3 is 5.97 Å². The van der Waals surface area contributed by atoms with Crippen LogP contribution in [0.5, 0.6) is 0 Å². The summed E-state index contributed by atoms with van der Waals surface area (Å²) in [4.78, 5) is 24.1. The number of nitrogens with two attached hydrogens (primary N) is 1. The van der Waals surface area contributed by atoms with E-state index >= 15 is 0 Å². The van der Waals surface area contributed by atoms with E-state index in [1.807, 2.05) is 0 Å². The second kappa shape index (κ2) is 9.88. The molecule has 0 spiro atoms. The second-order valence-electron chi connectivity index (χ2n) is 6.90. The summed E-state index contributed by atoms with van der Waals surface area (Å²) in [6.07, 6.45) is 0.844. The Kier molecular flexibility index (Phi) is 7.48. The molecule has 0 radical (unpaired) electrons. The maximum absolute atomic E-state index is 12.0. The molecule has 1 aliphatic heterocycles. The maximum Gasteiger partial charge on any atom is 0.320 e. The molecule has 3 rings (SSSR count). The number of aromatic nitrogens is 4. The number of ether oxygens (including phenoxy) is 2. The fraction of sp³-hybridized carbons (Fsp3) is 0.625. The van der Waals surface area contributed by atoms with Crippen LogP contribution in [0, 0.1) is 0 Å². The number of esters is 1. The lowest BCUT2D eigenvalue weighted by molar-refractivity contribution is -0.145. The minimum absolute atomic E-state index is 0.0509. The van der Waals surface area contributed by atoms with Crippen LogP contribution in [0.3, 0.4) is 0 Å². The minimum atomic E-state index is -2.63. The van der Waals surface area contributed by atoms with Crippen molar-refractivity contribution in [3.05, 3.63) is 6.33 Å². The molecule has 4 N–H and O–H groups in total. The quantitative estimate of drug-likeness (QED) is 0.281. The van der Waals surface area contributed by atoms with Gasteiger partial charge in [0.25, 0.3) is 8.18 Å². The molecule has 1 aliphatic rings. The van der Waals surface area contributed by atoms with Gasteiger partial charge in [-0.1, -0.05) is 0 Å². The second-order valence-corrected chi connectivity index (χ2v) is 8.67. The van der Waals surface area contributed by atoms with Crippen LogP contribution >= 0.6 is 19.8 Å². The number of nitrogens with one attached hydrogen (secondary N) is 2. The van der Waals surface area contributed by atoms with Crippen molar-refractivity contribution in [1.29, 1.82) is 0 Å². The van der Waals surface area contributed by atoms with E-state index in [4.69, 9.17) is 31.3 Å². The predicted octanol–water partition coefficient (Wildman–Crippen LogP) is 1.29. The van der Waals surface area contributed by atoms with Crippen molar-refractivity contribution >= 4 is 48.7 Å². The van der Waals surface area contributed by atoms with Gasteiger partial charge in [0.2, 0.25) is 5.95 Å². The lowest BCUT2D eigenvalue weighted by Crippen LogP contribution is -2.23. The van der Waals surface area contributed by atoms with Gasteiger partial charge in [0.05, 0.1) is 30.5 Å². The first-order valence-corrected chi connectivity index (χ1v) is 11.1.